The van der Waals surface area contributed by atoms with Gasteiger partial charge < -0.3 is 33.9 Å². The molecule has 4 rings (SSSR count). The highest BCUT2D eigenvalue weighted by molar-refractivity contribution is 7.91. The highest BCUT2D eigenvalue weighted by Crippen LogP contribution is 2.41. The fourth-order valence-electron chi connectivity index (χ4n) is 7.27. The molecule has 3 aliphatic rings. The molecule has 3 saturated heterocycles. The van der Waals surface area contributed by atoms with Crippen LogP contribution in [-0.4, -0.2) is 99.5 Å². The van der Waals surface area contributed by atoms with Crippen LogP contribution in [0.1, 0.15) is 79.1 Å². The van der Waals surface area contributed by atoms with Gasteiger partial charge in [-0.1, -0.05) is 38.3 Å². The molecule has 3 fully saturated rings. The molecule has 0 spiro atoms. The van der Waals surface area contributed by atoms with E-state index in [9.17, 15) is 23.4 Å². The molecule has 0 unspecified atom stereocenters. The number of hydrogen-bond acceptors (Lipinski definition) is 10. The minimum Gasteiger partial charge on any atom is -0.465 e. The maximum atomic E-state index is 13.5. The molecular weight excluding hydrogens is 648 g/mol. The summed E-state index contributed by atoms with van der Waals surface area (Å²) in [6.45, 7) is 16.3. The Kier molecular flexibility index (Phi) is 14.1. The second kappa shape index (κ2) is 17.4. The lowest BCUT2D eigenvalue weighted by molar-refractivity contribution is -0.153. The number of ether oxygens (including phenoxy) is 5. The van der Waals surface area contributed by atoms with Gasteiger partial charge in [0.1, 0.15) is 0 Å². The van der Waals surface area contributed by atoms with Gasteiger partial charge in [0.25, 0.3) is 0 Å². The average Bonchev–Trinajstić information content (AvgIpc) is 3.57. The van der Waals surface area contributed by atoms with Crippen LogP contribution in [-0.2, 0) is 38.3 Å². The molecule has 11 heteroatoms. The number of aliphatic hydroxyl groups excluding tert-OH is 2. The van der Waals surface area contributed by atoms with Crippen LogP contribution >= 0.6 is 0 Å². The summed E-state index contributed by atoms with van der Waals surface area (Å²) < 4.78 is 57.8. The number of methoxy groups -OCH3 is 1. The van der Waals surface area contributed by atoms with Crippen LogP contribution < -0.4 is 0 Å². The lowest BCUT2D eigenvalue weighted by atomic mass is 9.83. The first kappa shape index (κ1) is 39.7. The van der Waals surface area contributed by atoms with E-state index < -0.39 is 52.2 Å². The lowest BCUT2D eigenvalue weighted by Crippen LogP contribution is -2.40. The summed E-state index contributed by atoms with van der Waals surface area (Å²) in [5.41, 5.74) is 1.51. The van der Waals surface area contributed by atoms with Crippen LogP contribution in [0.4, 0.5) is 0 Å². The average molecular weight is 707 g/mol. The standard InChI is InChI=1S/C38H58O10S/c1-24-18-29(15-16-32-25(2)19-28(46-32)12-11-17-45-37(41)38(4,5)6)47-33(26(24)3)21-34-31(23-49(42,43)30-13-9-8-10-14-30)36(44-7)35(48-34)20-27(40)22-39/h8-10,13-14,24,27-29,31-36,39-40H,2-3,11-12,15-23H2,1,4-7H3/t24-,27+,28+,29+,31+,32+,33-,34+,35-,36-/m1/s1. The Morgan fingerprint density at radius 3 is 2.37 bits per heavy atom. The van der Waals surface area contributed by atoms with Crippen LogP contribution in [0.15, 0.2) is 59.5 Å². The molecule has 10 atom stereocenters. The molecular formula is C38H58O10S. The highest BCUT2D eigenvalue weighted by Gasteiger charge is 2.49. The van der Waals surface area contributed by atoms with Crippen molar-refractivity contribution in [2.24, 2.45) is 17.3 Å². The summed E-state index contributed by atoms with van der Waals surface area (Å²) in [6.07, 6.45) is 2.06. The Bertz CT molecular complexity index is 1360. The third kappa shape index (κ3) is 10.7. The zero-order valence-corrected chi connectivity index (χ0v) is 30.7. The van der Waals surface area contributed by atoms with Crippen molar-refractivity contribution >= 4 is 15.8 Å². The van der Waals surface area contributed by atoms with Crippen molar-refractivity contribution in [3.8, 4) is 0 Å². The number of hydrogen-bond donors (Lipinski definition) is 2. The van der Waals surface area contributed by atoms with E-state index in [1.807, 2.05) is 20.8 Å². The minimum absolute atomic E-state index is 0.0455. The Morgan fingerprint density at radius 2 is 1.71 bits per heavy atom. The predicted molar refractivity (Wildman–Crippen MR) is 187 cm³/mol. The maximum absolute atomic E-state index is 13.5. The van der Waals surface area contributed by atoms with E-state index in [2.05, 4.69) is 20.1 Å². The van der Waals surface area contributed by atoms with Crippen molar-refractivity contribution in [1.82, 2.24) is 0 Å². The van der Waals surface area contributed by atoms with Gasteiger partial charge in [-0.15, -0.1) is 0 Å². The van der Waals surface area contributed by atoms with Gasteiger partial charge >= 0.3 is 5.97 Å². The van der Waals surface area contributed by atoms with Gasteiger partial charge in [0, 0.05) is 25.9 Å². The zero-order valence-electron chi connectivity index (χ0n) is 29.9. The second-order valence-corrected chi connectivity index (χ2v) is 17.2. The van der Waals surface area contributed by atoms with Gasteiger partial charge in [-0.3, -0.25) is 4.79 Å². The predicted octanol–water partition coefficient (Wildman–Crippen LogP) is 5.21. The lowest BCUT2D eigenvalue weighted by Gasteiger charge is -2.38. The van der Waals surface area contributed by atoms with Gasteiger partial charge in [-0.2, -0.15) is 0 Å². The number of rotatable bonds is 16. The number of sulfone groups is 1. The second-order valence-electron chi connectivity index (χ2n) is 15.2. The Labute approximate surface area is 293 Å². The van der Waals surface area contributed by atoms with Gasteiger partial charge in [0.15, 0.2) is 9.84 Å². The van der Waals surface area contributed by atoms with Crippen LogP contribution in [0.5, 0.6) is 0 Å². The molecule has 276 valence electrons. The molecule has 0 bridgehead atoms. The van der Waals surface area contributed by atoms with Gasteiger partial charge in [0.05, 0.1) is 78.1 Å². The van der Waals surface area contributed by atoms with E-state index in [4.69, 9.17) is 23.7 Å². The zero-order chi connectivity index (χ0) is 35.9. The van der Waals surface area contributed by atoms with E-state index >= 15 is 0 Å². The fourth-order valence-corrected chi connectivity index (χ4v) is 8.95. The van der Waals surface area contributed by atoms with E-state index in [0.29, 0.717) is 13.0 Å². The molecule has 0 aromatic heterocycles. The molecule has 10 nitrogen and oxygen atoms in total. The van der Waals surface area contributed by atoms with E-state index in [0.717, 1.165) is 49.7 Å². The summed E-state index contributed by atoms with van der Waals surface area (Å²) in [5, 5.41) is 19.8. The molecule has 3 heterocycles. The summed E-state index contributed by atoms with van der Waals surface area (Å²) >= 11 is 0. The fraction of sp³-hybridized carbons (Fsp3) is 0.711. The number of aliphatic hydroxyl groups is 2. The summed E-state index contributed by atoms with van der Waals surface area (Å²) in [6, 6.07) is 8.35. The maximum Gasteiger partial charge on any atom is 0.311 e. The van der Waals surface area contributed by atoms with E-state index in [-0.39, 0.29) is 53.4 Å². The number of esters is 1. The number of benzene rings is 1. The number of carbonyl (C=O) groups is 1. The molecule has 3 aliphatic heterocycles. The number of carbonyl (C=O) groups excluding carboxylic acids is 1. The third-order valence-electron chi connectivity index (χ3n) is 10.2. The van der Waals surface area contributed by atoms with E-state index in [1.54, 1.807) is 30.3 Å². The quantitative estimate of drug-likeness (QED) is 0.134. The SMILES string of the molecule is C=C1C[C@H](CCCOC(=O)C(C)(C)C)O[C@H]1CC[C@H]1C[C@@H](C)C(=C)[C@@H](C[C@@H]2O[C@H](C[C@H](O)CO)[C@H](OC)[C@H]2CS(=O)(=O)c2ccccc2)O1. The molecule has 1 aromatic rings. The summed E-state index contributed by atoms with van der Waals surface area (Å²) in [7, 11) is -2.15. The summed E-state index contributed by atoms with van der Waals surface area (Å²) in [4.78, 5) is 12.3. The molecule has 2 N–H and O–H groups in total. The van der Waals surface area contributed by atoms with Crippen molar-refractivity contribution in [1.29, 1.82) is 0 Å². The topological polar surface area (TPSA) is 138 Å². The van der Waals surface area contributed by atoms with Crippen molar-refractivity contribution in [3.63, 3.8) is 0 Å². The Balaban J connectivity index is 1.37. The van der Waals surface area contributed by atoms with Crippen molar-refractivity contribution < 1.29 is 47.1 Å². The highest BCUT2D eigenvalue weighted by atomic mass is 32.2. The minimum atomic E-state index is -3.68. The van der Waals surface area contributed by atoms with Crippen molar-refractivity contribution in [3.05, 3.63) is 54.6 Å². The Morgan fingerprint density at radius 1 is 1.02 bits per heavy atom. The third-order valence-corrected chi connectivity index (χ3v) is 12.0. The van der Waals surface area contributed by atoms with Crippen LogP contribution in [0.2, 0.25) is 0 Å². The molecule has 0 radical (unpaired) electrons. The molecule has 49 heavy (non-hydrogen) atoms. The first-order chi connectivity index (χ1) is 23.1. The first-order valence-electron chi connectivity index (χ1n) is 17.7. The van der Waals surface area contributed by atoms with E-state index in [1.165, 1.54) is 7.11 Å². The van der Waals surface area contributed by atoms with Crippen molar-refractivity contribution in [2.45, 2.75) is 133 Å². The van der Waals surface area contributed by atoms with Crippen LogP contribution in [0.25, 0.3) is 0 Å². The van der Waals surface area contributed by atoms with Gasteiger partial charge in [-0.05, 0) is 88.5 Å². The molecule has 1 aromatic carbocycles. The normalized spacial score (nSPS) is 31.6. The van der Waals surface area contributed by atoms with Gasteiger partial charge in [0.2, 0.25) is 0 Å². The monoisotopic (exact) mass is 706 g/mol. The first-order valence-corrected chi connectivity index (χ1v) is 19.4. The smallest absolute Gasteiger partial charge is 0.311 e. The molecule has 0 amide bonds. The van der Waals surface area contributed by atoms with Gasteiger partial charge in [-0.25, -0.2) is 8.42 Å². The Hall–Kier alpha value is -2.12. The molecule has 0 saturated carbocycles. The molecule has 0 aliphatic carbocycles. The largest absolute Gasteiger partial charge is 0.465 e. The summed E-state index contributed by atoms with van der Waals surface area (Å²) in [5.74, 6) is -0.720. The van der Waals surface area contributed by atoms with Crippen molar-refractivity contribution in [2.75, 3.05) is 26.1 Å². The van der Waals surface area contributed by atoms with Crippen LogP contribution in [0, 0.1) is 17.3 Å². The van der Waals surface area contributed by atoms with Crippen LogP contribution in [0.3, 0.4) is 0 Å².